The van der Waals surface area contributed by atoms with E-state index in [2.05, 4.69) is 4.74 Å². The topological polar surface area (TPSA) is 83.5 Å². The van der Waals surface area contributed by atoms with E-state index < -0.39 is 57.5 Å². The molecule has 0 aromatic carbocycles. The van der Waals surface area contributed by atoms with Crippen molar-refractivity contribution >= 4 is 16.1 Å². The normalized spacial score (nSPS) is 21.1. The molecule has 2 fully saturated rings. The van der Waals surface area contributed by atoms with E-state index in [1.54, 1.807) is 0 Å². The molecule has 5 nitrogen and oxygen atoms in total. The van der Waals surface area contributed by atoms with Crippen LogP contribution in [0.3, 0.4) is 0 Å². The maximum absolute atomic E-state index is 13.5. The minimum Gasteiger partial charge on any atom is -0.748 e. The molecule has 0 bridgehead atoms. The quantitative estimate of drug-likeness (QED) is 0.321. The molecule has 0 N–H and O–H groups in total. The van der Waals surface area contributed by atoms with E-state index in [1.165, 1.54) is 0 Å². The summed E-state index contributed by atoms with van der Waals surface area (Å²) in [6, 6.07) is 0. The third-order valence-corrected chi connectivity index (χ3v) is 6.92. The number of esters is 1. The van der Waals surface area contributed by atoms with Gasteiger partial charge in [-0.1, -0.05) is 38.5 Å². The van der Waals surface area contributed by atoms with Gasteiger partial charge >= 0.3 is 23.9 Å². The van der Waals surface area contributed by atoms with Crippen LogP contribution in [0.2, 0.25) is 0 Å². The number of rotatable bonds is 6. The SMILES string of the molecule is O=C(OC(CS(=O)(=O)[O-])(C(F)(F)F)C(F)(F)F)C(C1CCCCC1)C1CCCCC1. The van der Waals surface area contributed by atoms with Gasteiger partial charge in [0.1, 0.15) is 0 Å². The lowest BCUT2D eigenvalue weighted by Crippen LogP contribution is -2.64. The van der Waals surface area contributed by atoms with Crippen LogP contribution in [0.5, 0.6) is 0 Å². The van der Waals surface area contributed by atoms with Crippen molar-refractivity contribution in [3.63, 3.8) is 0 Å². The Bertz CT molecular complexity index is 659. The van der Waals surface area contributed by atoms with Crippen LogP contribution in [0.1, 0.15) is 64.2 Å². The Morgan fingerprint density at radius 3 is 1.50 bits per heavy atom. The van der Waals surface area contributed by atoms with Gasteiger partial charge in [-0.15, -0.1) is 0 Å². The molecule has 0 aromatic rings. The molecule has 2 aliphatic carbocycles. The summed E-state index contributed by atoms with van der Waals surface area (Å²) in [5.74, 6) is -6.72. The van der Waals surface area contributed by atoms with Gasteiger partial charge in [-0.2, -0.15) is 26.3 Å². The average molecular weight is 467 g/mol. The molecule has 0 spiro atoms. The first-order chi connectivity index (χ1) is 13.7. The van der Waals surface area contributed by atoms with E-state index in [0.717, 1.165) is 12.8 Å². The Kier molecular flexibility index (Phi) is 7.75. The van der Waals surface area contributed by atoms with Crippen LogP contribution in [0.4, 0.5) is 26.3 Å². The van der Waals surface area contributed by atoms with Crippen LogP contribution >= 0.6 is 0 Å². The van der Waals surface area contributed by atoms with E-state index in [4.69, 9.17) is 0 Å². The van der Waals surface area contributed by atoms with Crippen LogP contribution in [-0.4, -0.2) is 42.6 Å². The zero-order valence-corrected chi connectivity index (χ0v) is 17.0. The molecule has 0 saturated heterocycles. The molecule has 12 heteroatoms. The molecular formula is C18H25F6O5S-. The first-order valence-corrected chi connectivity index (χ1v) is 11.6. The van der Waals surface area contributed by atoms with Crippen molar-refractivity contribution in [2.75, 3.05) is 5.75 Å². The summed E-state index contributed by atoms with van der Waals surface area (Å²) in [7, 11) is -6.04. The van der Waals surface area contributed by atoms with Crippen molar-refractivity contribution < 1.29 is 48.8 Å². The third kappa shape index (κ3) is 5.80. The summed E-state index contributed by atoms with van der Waals surface area (Å²) in [5.41, 5.74) is -5.39. The van der Waals surface area contributed by atoms with E-state index in [1.807, 2.05) is 0 Å². The fourth-order valence-corrected chi connectivity index (χ4v) is 5.60. The molecule has 2 saturated carbocycles. The lowest BCUT2D eigenvalue weighted by atomic mass is 9.69. The van der Waals surface area contributed by atoms with E-state index >= 15 is 0 Å². The first kappa shape index (κ1) is 25.2. The summed E-state index contributed by atoms with van der Waals surface area (Å²) < 4.78 is 118. The van der Waals surface area contributed by atoms with Crippen LogP contribution in [-0.2, 0) is 19.6 Å². The number of hydrogen-bond donors (Lipinski definition) is 0. The molecule has 0 heterocycles. The van der Waals surface area contributed by atoms with Crippen LogP contribution < -0.4 is 0 Å². The van der Waals surface area contributed by atoms with Gasteiger partial charge in [0, 0.05) is 0 Å². The first-order valence-electron chi connectivity index (χ1n) is 9.98. The van der Waals surface area contributed by atoms with Gasteiger partial charge in [-0.3, -0.25) is 4.79 Å². The number of carbonyl (C=O) groups is 1. The predicted molar refractivity (Wildman–Crippen MR) is 92.1 cm³/mol. The summed E-state index contributed by atoms with van der Waals surface area (Å²) >= 11 is 0. The zero-order valence-electron chi connectivity index (χ0n) is 16.2. The van der Waals surface area contributed by atoms with E-state index in [9.17, 15) is 44.1 Å². The van der Waals surface area contributed by atoms with Crippen LogP contribution in [0.15, 0.2) is 0 Å². The molecule has 30 heavy (non-hydrogen) atoms. The smallest absolute Gasteiger partial charge is 0.438 e. The number of carbonyl (C=O) groups excluding carboxylic acids is 1. The van der Waals surface area contributed by atoms with Gasteiger partial charge in [0.25, 0.3) is 0 Å². The van der Waals surface area contributed by atoms with Gasteiger partial charge in [-0.25, -0.2) is 8.42 Å². The van der Waals surface area contributed by atoms with Crippen molar-refractivity contribution in [2.45, 2.75) is 82.2 Å². The maximum Gasteiger partial charge on any atom is 0.438 e. The van der Waals surface area contributed by atoms with Crippen molar-refractivity contribution in [1.82, 2.24) is 0 Å². The highest BCUT2D eigenvalue weighted by molar-refractivity contribution is 7.85. The Labute approximate surface area is 171 Å². The Hall–Kier alpha value is -1.04. The van der Waals surface area contributed by atoms with Gasteiger partial charge in [0.15, 0.2) is 0 Å². The van der Waals surface area contributed by atoms with Gasteiger partial charge in [-0.05, 0) is 37.5 Å². The summed E-state index contributed by atoms with van der Waals surface area (Å²) in [4.78, 5) is 12.8. The lowest BCUT2D eigenvalue weighted by Gasteiger charge is -2.41. The average Bonchev–Trinajstić information content (AvgIpc) is 2.60. The van der Waals surface area contributed by atoms with Crippen LogP contribution in [0, 0.1) is 17.8 Å². The highest BCUT2D eigenvalue weighted by Gasteiger charge is 2.75. The van der Waals surface area contributed by atoms with Crippen molar-refractivity contribution in [2.24, 2.45) is 17.8 Å². The molecule has 0 radical (unpaired) electrons. The molecule has 2 aliphatic rings. The second kappa shape index (κ2) is 9.22. The Morgan fingerprint density at radius 2 is 1.20 bits per heavy atom. The highest BCUT2D eigenvalue weighted by Crippen LogP contribution is 2.49. The Morgan fingerprint density at radius 1 is 0.833 bits per heavy atom. The van der Waals surface area contributed by atoms with Gasteiger partial charge in [0.05, 0.1) is 21.8 Å². The zero-order chi connectivity index (χ0) is 22.8. The molecule has 176 valence electrons. The highest BCUT2D eigenvalue weighted by atomic mass is 32.2. The second-order valence-electron chi connectivity index (χ2n) is 8.27. The lowest BCUT2D eigenvalue weighted by molar-refractivity contribution is -0.362. The minimum absolute atomic E-state index is 0.433. The predicted octanol–water partition coefficient (Wildman–Crippen LogP) is 4.72. The molecule has 2 rings (SSSR count). The number of alkyl halides is 6. The molecule has 0 amide bonds. The van der Waals surface area contributed by atoms with Crippen LogP contribution in [0.25, 0.3) is 0 Å². The van der Waals surface area contributed by atoms with E-state index in [-0.39, 0.29) is 0 Å². The number of halogens is 6. The standard InChI is InChI=1S/C18H26F6O5S/c19-17(20,21)16(18(22,23)24,11-30(26,27)28)29-15(25)14(12-7-3-1-4-8-12)13-9-5-2-6-10-13/h12-14H,1-11H2,(H,26,27,28)/p-1. The molecule has 0 aliphatic heterocycles. The van der Waals surface area contributed by atoms with Crippen molar-refractivity contribution in [3.05, 3.63) is 0 Å². The third-order valence-electron chi connectivity index (χ3n) is 6.16. The molecule has 0 aromatic heterocycles. The fourth-order valence-electron chi connectivity index (χ4n) is 4.71. The van der Waals surface area contributed by atoms with Gasteiger partial charge in [0.2, 0.25) is 0 Å². The second-order valence-corrected chi connectivity index (χ2v) is 9.67. The monoisotopic (exact) mass is 467 g/mol. The summed E-state index contributed by atoms with van der Waals surface area (Å²) in [6.45, 7) is 0. The molecule has 0 unspecified atom stereocenters. The largest absolute Gasteiger partial charge is 0.748 e. The summed E-state index contributed by atoms with van der Waals surface area (Å²) in [6.07, 6.45) is -6.28. The van der Waals surface area contributed by atoms with E-state index in [0.29, 0.717) is 51.4 Å². The maximum atomic E-state index is 13.5. The summed E-state index contributed by atoms with van der Waals surface area (Å²) in [5, 5.41) is 0. The number of hydrogen-bond acceptors (Lipinski definition) is 5. The minimum atomic E-state index is -6.33. The number of ether oxygens (including phenoxy) is 1. The fraction of sp³-hybridized carbons (Fsp3) is 0.944. The van der Waals surface area contributed by atoms with Gasteiger partial charge < -0.3 is 9.29 Å². The Balaban J connectivity index is 2.44. The molecule has 0 atom stereocenters. The molecular weight excluding hydrogens is 442 g/mol. The van der Waals surface area contributed by atoms with Crippen molar-refractivity contribution in [1.29, 1.82) is 0 Å². The van der Waals surface area contributed by atoms with Crippen molar-refractivity contribution in [3.8, 4) is 0 Å².